The van der Waals surface area contributed by atoms with Crippen molar-refractivity contribution in [3.63, 3.8) is 0 Å². The summed E-state index contributed by atoms with van der Waals surface area (Å²) in [7, 11) is 0. The summed E-state index contributed by atoms with van der Waals surface area (Å²) in [5, 5.41) is 2.76. The van der Waals surface area contributed by atoms with Gasteiger partial charge in [0.25, 0.3) is 5.91 Å². The highest BCUT2D eigenvalue weighted by molar-refractivity contribution is 7.14. The Balaban J connectivity index is 2.15. The van der Waals surface area contributed by atoms with Crippen LogP contribution in [-0.4, -0.2) is 12.2 Å². The number of hydrogen-bond donors (Lipinski definition) is 1. The highest BCUT2D eigenvalue weighted by atomic mass is 32.1. The largest absolute Gasteiger partial charge is 0.321 e. The third kappa shape index (κ3) is 2.79. The zero-order chi connectivity index (χ0) is 12.3. The number of aryl methyl sites for hydroxylation is 1. The van der Waals surface area contributed by atoms with E-state index in [1.54, 1.807) is 30.3 Å². The first-order valence-electron chi connectivity index (χ1n) is 5.12. The molecule has 17 heavy (non-hydrogen) atoms. The summed E-state index contributed by atoms with van der Waals surface area (Å²) in [5.41, 5.74) is 1.18. The maximum atomic E-state index is 11.8. The van der Waals surface area contributed by atoms with E-state index in [2.05, 4.69) is 5.32 Å². The number of benzene rings is 1. The molecular weight excluding hydrogens is 234 g/mol. The second-order valence-corrected chi connectivity index (χ2v) is 4.90. The van der Waals surface area contributed by atoms with Crippen molar-refractivity contribution in [2.24, 2.45) is 0 Å². The molecule has 0 saturated carbocycles. The first-order chi connectivity index (χ1) is 8.19. The van der Waals surface area contributed by atoms with Gasteiger partial charge in [0.1, 0.15) is 6.29 Å². The lowest BCUT2D eigenvalue weighted by Gasteiger charge is -2.03. The molecule has 0 aliphatic heterocycles. The summed E-state index contributed by atoms with van der Waals surface area (Å²) in [4.78, 5) is 24.2. The Kier molecular flexibility index (Phi) is 3.35. The molecule has 1 aromatic carbocycles. The third-order valence-corrected chi connectivity index (χ3v) is 3.24. The fourth-order valence-corrected chi connectivity index (χ4v) is 2.20. The molecule has 0 spiro atoms. The van der Waals surface area contributed by atoms with E-state index in [1.807, 2.05) is 13.0 Å². The minimum absolute atomic E-state index is 0.147. The Morgan fingerprint density at radius 2 is 2.12 bits per heavy atom. The van der Waals surface area contributed by atoms with Crippen LogP contribution in [0.4, 0.5) is 5.69 Å². The van der Waals surface area contributed by atoms with Crippen molar-refractivity contribution in [3.05, 3.63) is 51.7 Å². The Labute approximate surface area is 103 Å². The average Bonchev–Trinajstić information content (AvgIpc) is 2.76. The van der Waals surface area contributed by atoms with Crippen molar-refractivity contribution < 1.29 is 9.59 Å². The van der Waals surface area contributed by atoms with Gasteiger partial charge in [0.15, 0.2) is 0 Å². The quantitative estimate of drug-likeness (QED) is 0.844. The van der Waals surface area contributed by atoms with Gasteiger partial charge in [0.2, 0.25) is 0 Å². The predicted octanol–water partition coefficient (Wildman–Crippen LogP) is 3.12. The van der Waals surface area contributed by atoms with Gasteiger partial charge >= 0.3 is 0 Å². The van der Waals surface area contributed by atoms with Crippen LogP contribution in [-0.2, 0) is 0 Å². The van der Waals surface area contributed by atoms with Crippen molar-refractivity contribution >= 4 is 29.2 Å². The molecule has 0 saturated heterocycles. The van der Waals surface area contributed by atoms with Gasteiger partial charge in [-0.05, 0) is 31.2 Å². The number of carbonyl (C=O) groups is 2. The number of rotatable bonds is 3. The van der Waals surface area contributed by atoms with Crippen LogP contribution in [0.5, 0.6) is 0 Å². The number of amides is 1. The molecule has 2 aromatic rings. The normalized spacial score (nSPS) is 9.94. The average molecular weight is 245 g/mol. The van der Waals surface area contributed by atoms with Crippen LogP contribution in [0.25, 0.3) is 0 Å². The molecule has 0 aliphatic carbocycles. The minimum atomic E-state index is -0.147. The molecule has 0 bridgehead atoms. The van der Waals surface area contributed by atoms with Crippen molar-refractivity contribution in [2.75, 3.05) is 5.32 Å². The second kappa shape index (κ2) is 4.93. The lowest BCUT2D eigenvalue weighted by Crippen LogP contribution is -2.10. The summed E-state index contributed by atoms with van der Waals surface area (Å²) in [6.07, 6.45) is 0.755. The molecule has 0 atom stereocenters. The number of carbonyl (C=O) groups excluding carboxylic acids is 2. The maximum Gasteiger partial charge on any atom is 0.265 e. The summed E-state index contributed by atoms with van der Waals surface area (Å²) in [6.45, 7) is 1.95. The monoisotopic (exact) mass is 245 g/mol. The lowest BCUT2D eigenvalue weighted by atomic mass is 10.2. The smallest absolute Gasteiger partial charge is 0.265 e. The standard InChI is InChI=1S/C13H11NO2S/c1-9-5-6-12(17-9)13(16)14-11-4-2-3-10(7-11)8-15/h2-8H,1H3,(H,14,16). The van der Waals surface area contributed by atoms with Crippen molar-refractivity contribution in [2.45, 2.75) is 6.92 Å². The van der Waals surface area contributed by atoms with Crippen LogP contribution in [0, 0.1) is 6.92 Å². The summed E-state index contributed by atoms with van der Waals surface area (Å²) < 4.78 is 0. The van der Waals surface area contributed by atoms with Gasteiger partial charge in [-0.2, -0.15) is 0 Å². The van der Waals surface area contributed by atoms with E-state index in [-0.39, 0.29) is 5.91 Å². The van der Waals surface area contributed by atoms with Gasteiger partial charge in [-0.15, -0.1) is 11.3 Å². The Hall–Kier alpha value is -1.94. The molecule has 3 nitrogen and oxygen atoms in total. The predicted molar refractivity (Wildman–Crippen MR) is 68.8 cm³/mol. The molecule has 86 valence electrons. The third-order valence-electron chi connectivity index (χ3n) is 2.24. The Morgan fingerprint density at radius 3 is 2.76 bits per heavy atom. The first-order valence-corrected chi connectivity index (χ1v) is 5.94. The zero-order valence-electron chi connectivity index (χ0n) is 9.27. The number of thiophene rings is 1. The Bertz CT molecular complexity index is 560. The number of hydrogen-bond acceptors (Lipinski definition) is 3. The van der Waals surface area contributed by atoms with Crippen molar-refractivity contribution in [3.8, 4) is 0 Å². The molecule has 0 aliphatic rings. The van der Waals surface area contributed by atoms with Crippen molar-refractivity contribution in [1.82, 2.24) is 0 Å². The zero-order valence-corrected chi connectivity index (χ0v) is 10.1. The van der Waals surface area contributed by atoms with Gasteiger partial charge in [-0.1, -0.05) is 12.1 Å². The topological polar surface area (TPSA) is 46.2 Å². The van der Waals surface area contributed by atoms with Crippen LogP contribution in [0.3, 0.4) is 0 Å². The second-order valence-electron chi connectivity index (χ2n) is 3.61. The van der Waals surface area contributed by atoms with Crippen LogP contribution in [0.15, 0.2) is 36.4 Å². The van der Waals surface area contributed by atoms with E-state index in [4.69, 9.17) is 0 Å². The van der Waals surface area contributed by atoms with Crippen LogP contribution in [0.1, 0.15) is 24.9 Å². The van der Waals surface area contributed by atoms with E-state index in [1.165, 1.54) is 11.3 Å². The summed E-state index contributed by atoms with van der Waals surface area (Å²) in [6, 6.07) is 10.5. The molecule has 1 N–H and O–H groups in total. The molecule has 0 unspecified atom stereocenters. The molecular formula is C13H11NO2S. The maximum absolute atomic E-state index is 11.8. The molecule has 2 rings (SSSR count). The van der Waals surface area contributed by atoms with Gasteiger partial charge in [0.05, 0.1) is 4.88 Å². The molecule has 0 fully saturated rings. The minimum Gasteiger partial charge on any atom is -0.321 e. The van der Waals surface area contributed by atoms with Crippen molar-refractivity contribution in [1.29, 1.82) is 0 Å². The molecule has 1 heterocycles. The van der Waals surface area contributed by atoms with Crippen LogP contribution >= 0.6 is 11.3 Å². The fraction of sp³-hybridized carbons (Fsp3) is 0.0769. The van der Waals surface area contributed by atoms with E-state index >= 15 is 0 Å². The van der Waals surface area contributed by atoms with Crippen LogP contribution in [0.2, 0.25) is 0 Å². The summed E-state index contributed by atoms with van der Waals surface area (Å²) >= 11 is 1.44. The number of aldehydes is 1. The number of nitrogens with one attached hydrogen (secondary N) is 1. The van der Waals surface area contributed by atoms with Gasteiger partial charge in [0, 0.05) is 16.1 Å². The lowest BCUT2D eigenvalue weighted by molar-refractivity contribution is 0.102. The van der Waals surface area contributed by atoms with Gasteiger partial charge < -0.3 is 5.32 Å². The Morgan fingerprint density at radius 1 is 1.29 bits per heavy atom. The van der Waals surface area contributed by atoms with Gasteiger partial charge in [-0.25, -0.2) is 0 Å². The van der Waals surface area contributed by atoms with E-state index in [0.29, 0.717) is 16.1 Å². The molecule has 4 heteroatoms. The number of anilines is 1. The van der Waals surface area contributed by atoms with E-state index in [9.17, 15) is 9.59 Å². The van der Waals surface area contributed by atoms with Gasteiger partial charge in [-0.3, -0.25) is 9.59 Å². The molecule has 1 amide bonds. The SMILES string of the molecule is Cc1ccc(C(=O)Nc2cccc(C=O)c2)s1. The summed E-state index contributed by atoms with van der Waals surface area (Å²) in [5.74, 6) is -0.147. The van der Waals surface area contributed by atoms with E-state index in [0.717, 1.165) is 11.2 Å². The van der Waals surface area contributed by atoms with E-state index < -0.39 is 0 Å². The molecule has 0 radical (unpaired) electrons. The highest BCUT2D eigenvalue weighted by Gasteiger charge is 2.08. The van der Waals surface area contributed by atoms with Crippen LogP contribution < -0.4 is 5.32 Å². The highest BCUT2D eigenvalue weighted by Crippen LogP contribution is 2.17. The first kappa shape index (κ1) is 11.5. The fourth-order valence-electron chi connectivity index (χ4n) is 1.44. The molecule has 1 aromatic heterocycles.